The maximum atomic E-state index is 6.13. The molecule has 0 saturated carbocycles. The fraction of sp³-hybridized carbons (Fsp3) is 0.261. The predicted molar refractivity (Wildman–Crippen MR) is 114 cm³/mol. The van der Waals surface area contributed by atoms with Crippen LogP contribution in [0.15, 0.2) is 59.6 Å². The topological polar surface area (TPSA) is 76.2 Å². The van der Waals surface area contributed by atoms with E-state index in [9.17, 15) is 0 Å². The van der Waals surface area contributed by atoms with Crippen LogP contribution < -0.4 is 11.1 Å². The molecule has 0 unspecified atom stereocenters. The third kappa shape index (κ3) is 4.36. The van der Waals surface area contributed by atoms with Gasteiger partial charge in [-0.15, -0.1) is 0 Å². The maximum Gasteiger partial charge on any atom is 0.229 e. The number of aromatic nitrogens is 2. The Hall–Kier alpha value is -3.21. The van der Waals surface area contributed by atoms with Crippen LogP contribution in [0.25, 0.3) is 0 Å². The summed E-state index contributed by atoms with van der Waals surface area (Å²) in [5.41, 5.74) is 12.9. The number of fused-ring (bicyclic) bond motifs is 1. The summed E-state index contributed by atoms with van der Waals surface area (Å²) < 4.78 is 0. The number of anilines is 1. The molecule has 5 nitrogen and oxygen atoms in total. The fourth-order valence-corrected chi connectivity index (χ4v) is 3.69. The van der Waals surface area contributed by atoms with E-state index in [1.54, 1.807) is 0 Å². The van der Waals surface area contributed by atoms with Crippen molar-refractivity contribution in [3.05, 3.63) is 82.7 Å². The zero-order chi connectivity index (χ0) is 19.3. The van der Waals surface area contributed by atoms with Crippen molar-refractivity contribution in [2.24, 2.45) is 10.7 Å². The second-order valence-electron chi connectivity index (χ2n) is 7.22. The van der Waals surface area contributed by atoms with Crippen LogP contribution in [0, 0.1) is 6.92 Å². The van der Waals surface area contributed by atoms with Crippen LogP contribution in [0.3, 0.4) is 0 Å². The third-order valence-electron chi connectivity index (χ3n) is 5.04. The van der Waals surface area contributed by atoms with Crippen molar-refractivity contribution in [3.8, 4) is 0 Å². The number of aliphatic imine (C=N–C) groups is 1. The summed E-state index contributed by atoms with van der Waals surface area (Å²) in [5.74, 6) is 0.826. The van der Waals surface area contributed by atoms with E-state index in [0.29, 0.717) is 11.9 Å². The van der Waals surface area contributed by atoms with Gasteiger partial charge in [-0.05, 0) is 67.9 Å². The van der Waals surface area contributed by atoms with Crippen molar-refractivity contribution >= 4 is 17.6 Å². The van der Waals surface area contributed by atoms with E-state index < -0.39 is 0 Å². The van der Waals surface area contributed by atoms with Gasteiger partial charge in [0, 0.05) is 11.4 Å². The number of nitrogens with zero attached hydrogens (tertiary/aromatic N) is 3. The van der Waals surface area contributed by atoms with Crippen molar-refractivity contribution < 1.29 is 0 Å². The van der Waals surface area contributed by atoms with Crippen molar-refractivity contribution in [1.29, 1.82) is 0 Å². The van der Waals surface area contributed by atoms with Gasteiger partial charge in [-0.1, -0.05) is 42.5 Å². The summed E-state index contributed by atoms with van der Waals surface area (Å²) in [7, 11) is 0. The second kappa shape index (κ2) is 8.21. The Morgan fingerprint density at radius 2 is 1.79 bits per heavy atom. The van der Waals surface area contributed by atoms with Crippen molar-refractivity contribution in [1.82, 2.24) is 9.97 Å². The molecule has 3 N–H and O–H groups in total. The van der Waals surface area contributed by atoms with Crippen LogP contribution in [0.2, 0.25) is 0 Å². The highest BCUT2D eigenvalue weighted by atomic mass is 15.2. The molecule has 28 heavy (non-hydrogen) atoms. The molecule has 0 aliphatic heterocycles. The van der Waals surface area contributed by atoms with Crippen molar-refractivity contribution in [2.45, 2.75) is 39.0 Å². The first-order chi connectivity index (χ1) is 13.7. The van der Waals surface area contributed by atoms with Crippen LogP contribution >= 0.6 is 0 Å². The lowest BCUT2D eigenvalue weighted by atomic mass is 9.95. The van der Waals surface area contributed by atoms with Gasteiger partial charge < -0.3 is 5.73 Å². The lowest BCUT2D eigenvalue weighted by Gasteiger charge is -2.17. The SMILES string of the molecule is Cc1nc(NC(N)=Nc2cccc(Cc3ccccc3)c2)nc2c1CCCC2. The molecule has 3 aromatic rings. The maximum absolute atomic E-state index is 6.13. The largest absolute Gasteiger partial charge is 0.369 e. The fourth-order valence-electron chi connectivity index (χ4n) is 3.69. The number of nitrogens with one attached hydrogen (secondary N) is 1. The minimum atomic E-state index is 0.298. The third-order valence-corrected chi connectivity index (χ3v) is 5.04. The Kier molecular flexibility index (Phi) is 5.33. The second-order valence-corrected chi connectivity index (χ2v) is 7.22. The average Bonchev–Trinajstić information content (AvgIpc) is 2.69. The summed E-state index contributed by atoms with van der Waals surface area (Å²) in [6.45, 7) is 2.04. The van der Waals surface area contributed by atoms with Crippen molar-refractivity contribution in [3.63, 3.8) is 0 Å². The lowest BCUT2D eigenvalue weighted by Crippen LogP contribution is -2.24. The molecule has 0 radical (unpaired) electrons. The van der Waals surface area contributed by atoms with Gasteiger partial charge in [-0.25, -0.2) is 15.0 Å². The van der Waals surface area contributed by atoms with E-state index in [2.05, 4.69) is 56.7 Å². The summed E-state index contributed by atoms with van der Waals surface area (Å²) in [5, 5.41) is 3.06. The Balaban J connectivity index is 1.50. The van der Waals surface area contributed by atoms with Crippen LogP contribution in [0.1, 0.15) is 40.9 Å². The minimum Gasteiger partial charge on any atom is -0.369 e. The Labute approximate surface area is 165 Å². The molecular weight excluding hydrogens is 346 g/mol. The molecule has 0 bridgehead atoms. The smallest absolute Gasteiger partial charge is 0.229 e. The first-order valence-corrected chi connectivity index (χ1v) is 9.78. The van der Waals surface area contributed by atoms with Gasteiger partial charge in [0.05, 0.1) is 5.69 Å². The quantitative estimate of drug-likeness (QED) is 0.529. The molecule has 1 heterocycles. The number of nitrogens with two attached hydrogens (primary N) is 1. The summed E-state index contributed by atoms with van der Waals surface area (Å²) in [4.78, 5) is 13.7. The average molecular weight is 371 g/mol. The van der Waals surface area contributed by atoms with Gasteiger partial charge in [0.1, 0.15) is 0 Å². The zero-order valence-electron chi connectivity index (χ0n) is 16.2. The number of hydrogen-bond donors (Lipinski definition) is 2. The van der Waals surface area contributed by atoms with Crippen LogP contribution in [-0.4, -0.2) is 15.9 Å². The number of rotatable bonds is 4. The molecular formula is C23H25N5. The first-order valence-electron chi connectivity index (χ1n) is 9.78. The van der Waals surface area contributed by atoms with E-state index in [1.807, 2.05) is 25.1 Å². The summed E-state index contributed by atoms with van der Waals surface area (Å²) >= 11 is 0. The van der Waals surface area contributed by atoms with Crippen LogP contribution in [-0.2, 0) is 19.3 Å². The summed E-state index contributed by atoms with van der Waals surface area (Å²) in [6, 6.07) is 18.5. The predicted octanol–water partition coefficient (Wildman–Crippen LogP) is 4.31. The van der Waals surface area contributed by atoms with Gasteiger partial charge >= 0.3 is 0 Å². The number of hydrogen-bond acceptors (Lipinski definition) is 3. The molecule has 0 amide bonds. The standard InChI is InChI=1S/C23H25N5/c1-16-20-12-5-6-13-21(20)27-23(25-16)28-22(24)26-19-11-7-10-18(15-19)14-17-8-3-2-4-9-17/h2-4,7-11,15H,5-6,12-14H2,1H3,(H3,24,25,26,27,28). The molecule has 0 spiro atoms. The Bertz CT molecular complexity index is 995. The summed E-state index contributed by atoms with van der Waals surface area (Å²) in [6.07, 6.45) is 5.34. The van der Waals surface area contributed by atoms with E-state index >= 15 is 0 Å². The number of guanidine groups is 1. The van der Waals surface area contributed by atoms with E-state index in [0.717, 1.165) is 36.3 Å². The van der Waals surface area contributed by atoms with Crippen molar-refractivity contribution in [2.75, 3.05) is 5.32 Å². The molecule has 1 aliphatic carbocycles. The molecule has 142 valence electrons. The van der Waals surface area contributed by atoms with E-state index in [1.165, 1.54) is 29.5 Å². The number of benzene rings is 2. The van der Waals surface area contributed by atoms with E-state index in [-0.39, 0.29) is 0 Å². The van der Waals surface area contributed by atoms with Gasteiger partial charge in [0.15, 0.2) is 0 Å². The molecule has 1 aliphatic rings. The van der Waals surface area contributed by atoms with Gasteiger partial charge in [-0.2, -0.15) is 0 Å². The zero-order valence-corrected chi connectivity index (χ0v) is 16.2. The molecule has 4 rings (SSSR count). The molecule has 2 aromatic carbocycles. The van der Waals surface area contributed by atoms with E-state index in [4.69, 9.17) is 5.73 Å². The lowest BCUT2D eigenvalue weighted by molar-refractivity contribution is 0.658. The van der Waals surface area contributed by atoms with Crippen LogP contribution in [0.5, 0.6) is 0 Å². The Morgan fingerprint density at radius 3 is 2.64 bits per heavy atom. The molecule has 0 atom stereocenters. The molecule has 0 saturated heterocycles. The van der Waals surface area contributed by atoms with Gasteiger partial charge in [0.2, 0.25) is 11.9 Å². The minimum absolute atomic E-state index is 0.298. The highest BCUT2D eigenvalue weighted by molar-refractivity contribution is 5.92. The van der Waals surface area contributed by atoms with Crippen LogP contribution in [0.4, 0.5) is 11.6 Å². The Morgan fingerprint density at radius 1 is 1.00 bits per heavy atom. The number of aryl methyl sites for hydroxylation is 2. The van der Waals surface area contributed by atoms with Gasteiger partial charge in [0.25, 0.3) is 0 Å². The monoisotopic (exact) mass is 371 g/mol. The highest BCUT2D eigenvalue weighted by Crippen LogP contribution is 2.23. The molecule has 1 aromatic heterocycles. The molecule has 0 fully saturated rings. The highest BCUT2D eigenvalue weighted by Gasteiger charge is 2.15. The molecule has 5 heteroatoms. The normalized spacial score (nSPS) is 13.8. The van der Waals surface area contributed by atoms with Gasteiger partial charge in [-0.3, -0.25) is 5.32 Å². The first kappa shape index (κ1) is 18.2.